The molecule has 0 radical (unpaired) electrons. The van der Waals surface area contributed by atoms with Crippen LogP contribution in [0.1, 0.15) is 5.56 Å². The maximum atomic E-state index is 12.6. The monoisotopic (exact) mass is 364 g/mol. The van der Waals surface area contributed by atoms with Crippen molar-refractivity contribution in [2.45, 2.75) is 17.9 Å². The summed E-state index contributed by atoms with van der Waals surface area (Å²) in [4.78, 5) is 11.9. The summed E-state index contributed by atoms with van der Waals surface area (Å²) in [5, 5.41) is 9.36. The molecule has 0 spiro atoms. The van der Waals surface area contributed by atoms with Crippen molar-refractivity contribution >= 4 is 10.0 Å². The van der Waals surface area contributed by atoms with E-state index in [0.29, 0.717) is 5.56 Å². The van der Waals surface area contributed by atoms with Crippen LogP contribution in [-0.4, -0.2) is 48.7 Å². The van der Waals surface area contributed by atoms with E-state index in [-0.39, 0.29) is 29.3 Å². The van der Waals surface area contributed by atoms with Crippen LogP contribution in [-0.2, 0) is 17.1 Å². The molecule has 0 amide bonds. The van der Waals surface area contributed by atoms with E-state index in [0.717, 1.165) is 11.1 Å². The second-order valence-corrected chi connectivity index (χ2v) is 8.08. The molecule has 2 aromatic rings. The Morgan fingerprint density at radius 2 is 1.88 bits per heavy atom. The summed E-state index contributed by atoms with van der Waals surface area (Å²) in [7, 11) is -0.624. The molecule has 0 atom stereocenters. The first-order chi connectivity index (χ1) is 11.7. The lowest BCUT2D eigenvalue weighted by Gasteiger charge is -2.34. The van der Waals surface area contributed by atoms with Gasteiger partial charge in [-0.25, -0.2) is 8.42 Å². The lowest BCUT2D eigenvalue weighted by molar-refractivity contribution is 0.0547. The fraction of sp³-hybridized carbons (Fsp3) is 0.353. The van der Waals surface area contributed by atoms with E-state index in [1.165, 1.54) is 22.0 Å². The number of pyridine rings is 1. The van der Waals surface area contributed by atoms with Gasteiger partial charge in [0.1, 0.15) is 10.6 Å². The molecule has 1 aromatic heterocycles. The van der Waals surface area contributed by atoms with Gasteiger partial charge in [-0.1, -0.05) is 6.07 Å². The number of aliphatic hydroxyl groups is 1. The number of hydrogen-bond acceptors (Lipinski definition) is 5. The molecule has 1 aliphatic heterocycles. The number of aryl methyl sites for hydroxylation is 2. The minimum Gasteiger partial charge on any atom is -0.495 e. The summed E-state index contributed by atoms with van der Waals surface area (Å²) >= 11 is 0. The van der Waals surface area contributed by atoms with Crippen molar-refractivity contribution in [3.05, 3.63) is 46.4 Å². The first kappa shape index (κ1) is 17.7. The maximum absolute atomic E-state index is 12.6. The normalized spacial score (nSPS) is 15.8. The van der Waals surface area contributed by atoms with Gasteiger partial charge in [-0.2, -0.15) is 4.31 Å². The number of aliphatic hydroxyl groups excluding tert-OH is 1. The zero-order valence-corrected chi connectivity index (χ0v) is 15.1. The molecule has 134 valence electrons. The van der Waals surface area contributed by atoms with Crippen molar-refractivity contribution < 1.29 is 18.3 Å². The summed E-state index contributed by atoms with van der Waals surface area (Å²) < 4.78 is 33.2. The van der Waals surface area contributed by atoms with Crippen LogP contribution < -0.4 is 10.3 Å². The fourth-order valence-corrected chi connectivity index (χ4v) is 4.50. The first-order valence-corrected chi connectivity index (χ1v) is 9.22. The molecule has 0 bridgehead atoms. The summed E-state index contributed by atoms with van der Waals surface area (Å²) in [5.41, 5.74) is 2.07. The van der Waals surface area contributed by atoms with Crippen LogP contribution in [0.3, 0.4) is 0 Å². The highest BCUT2D eigenvalue weighted by molar-refractivity contribution is 7.89. The zero-order chi connectivity index (χ0) is 18.4. The molecular formula is C17H20N2O5S. The van der Waals surface area contributed by atoms with Crippen molar-refractivity contribution in [1.82, 2.24) is 8.87 Å². The molecule has 8 heteroatoms. The van der Waals surface area contributed by atoms with E-state index in [1.54, 1.807) is 38.4 Å². The Labute approximate surface area is 146 Å². The molecule has 7 nitrogen and oxygen atoms in total. The Hall–Kier alpha value is -2.16. The van der Waals surface area contributed by atoms with E-state index in [1.807, 2.05) is 0 Å². The Balaban J connectivity index is 2.05. The van der Waals surface area contributed by atoms with Gasteiger partial charge in [-0.15, -0.1) is 0 Å². The molecule has 0 saturated carbocycles. The molecule has 1 saturated heterocycles. The summed E-state index contributed by atoms with van der Waals surface area (Å²) in [5.74, 6) is 0.227. The van der Waals surface area contributed by atoms with Crippen LogP contribution in [0.2, 0.25) is 0 Å². The van der Waals surface area contributed by atoms with Crippen molar-refractivity contribution in [3.63, 3.8) is 0 Å². The van der Waals surface area contributed by atoms with Crippen molar-refractivity contribution in [2.24, 2.45) is 7.05 Å². The van der Waals surface area contributed by atoms with Gasteiger partial charge in [0.15, 0.2) is 0 Å². The van der Waals surface area contributed by atoms with Gasteiger partial charge in [-0.3, -0.25) is 4.79 Å². The maximum Gasteiger partial charge on any atom is 0.253 e. The molecule has 0 unspecified atom stereocenters. The summed E-state index contributed by atoms with van der Waals surface area (Å²) in [6.45, 7) is 1.91. The number of rotatable bonds is 4. The van der Waals surface area contributed by atoms with E-state index in [9.17, 15) is 18.3 Å². The molecule has 3 rings (SSSR count). The van der Waals surface area contributed by atoms with Crippen LogP contribution in [0.4, 0.5) is 0 Å². The number of hydrogen-bond donors (Lipinski definition) is 1. The van der Waals surface area contributed by atoms with E-state index in [2.05, 4.69) is 0 Å². The SMILES string of the molecule is COc1cc(-c2cc(C)c(=O)n(C)c2)ccc1S(=O)(=O)N1CC(O)C1. The molecule has 2 heterocycles. The third kappa shape index (κ3) is 3.08. The number of nitrogens with zero attached hydrogens (tertiary/aromatic N) is 2. The highest BCUT2D eigenvalue weighted by Crippen LogP contribution is 2.33. The smallest absolute Gasteiger partial charge is 0.253 e. The molecule has 1 fully saturated rings. The number of methoxy groups -OCH3 is 1. The zero-order valence-electron chi connectivity index (χ0n) is 14.3. The van der Waals surface area contributed by atoms with Crippen molar-refractivity contribution in [1.29, 1.82) is 0 Å². The average Bonchev–Trinajstić information content (AvgIpc) is 2.55. The standard InChI is InChI=1S/C17H20N2O5S/c1-11-6-13(8-18(2)17(11)21)12-4-5-16(15(7-12)24-3)25(22,23)19-9-14(20)10-19/h4-8,14,20H,9-10H2,1-3H3. The van der Waals surface area contributed by atoms with Crippen LogP contribution in [0.25, 0.3) is 11.1 Å². The predicted molar refractivity (Wildman–Crippen MR) is 93.2 cm³/mol. The van der Waals surface area contributed by atoms with Gasteiger partial charge in [0.25, 0.3) is 5.56 Å². The third-order valence-corrected chi connectivity index (χ3v) is 6.18. The minimum absolute atomic E-state index is 0.0622. The van der Waals surface area contributed by atoms with Gasteiger partial charge in [0.05, 0.1) is 13.2 Å². The highest BCUT2D eigenvalue weighted by Gasteiger charge is 2.37. The topological polar surface area (TPSA) is 88.8 Å². The van der Waals surface area contributed by atoms with Gasteiger partial charge in [-0.05, 0) is 36.2 Å². The van der Waals surface area contributed by atoms with Crippen LogP contribution in [0.5, 0.6) is 5.75 Å². The quantitative estimate of drug-likeness (QED) is 0.864. The number of benzene rings is 1. The highest BCUT2D eigenvalue weighted by atomic mass is 32.2. The van der Waals surface area contributed by atoms with E-state index in [4.69, 9.17) is 4.74 Å². The first-order valence-electron chi connectivity index (χ1n) is 7.78. The Kier molecular flexibility index (Phi) is 4.44. The summed E-state index contributed by atoms with van der Waals surface area (Å²) in [6.07, 6.45) is 1.08. The summed E-state index contributed by atoms with van der Waals surface area (Å²) in [6, 6.07) is 6.58. The molecule has 0 aliphatic carbocycles. The lowest BCUT2D eigenvalue weighted by Crippen LogP contribution is -2.53. The van der Waals surface area contributed by atoms with Crippen LogP contribution >= 0.6 is 0 Å². The van der Waals surface area contributed by atoms with Gasteiger partial charge in [0, 0.05) is 31.9 Å². The second-order valence-electron chi connectivity index (χ2n) is 6.17. The van der Waals surface area contributed by atoms with E-state index >= 15 is 0 Å². The minimum atomic E-state index is -3.71. The Bertz CT molecular complexity index is 949. The predicted octanol–water partition coefficient (Wildman–Crippen LogP) is 0.735. The van der Waals surface area contributed by atoms with Gasteiger partial charge < -0.3 is 14.4 Å². The Morgan fingerprint density at radius 1 is 1.20 bits per heavy atom. The van der Waals surface area contributed by atoms with Crippen molar-refractivity contribution in [2.75, 3.05) is 20.2 Å². The number of sulfonamides is 1. The van der Waals surface area contributed by atoms with Crippen LogP contribution in [0, 0.1) is 6.92 Å². The van der Waals surface area contributed by atoms with Gasteiger partial charge >= 0.3 is 0 Å². The third-order valence-electron chi connectivity index (χ3n) is 4.31. The number of aromatic nitrogens is 1. The molecule has 1 aromatic carbocycles. The van der Waals surface area contributed by atoms with Crippen LogP contribution in [0.15, 0.2) is 40.2 Å². The van der Waals surface area contributed by atoms with E-state index < -0.39 is 16.1 Å². The van der Waals surface area contributed by atoms with Gasteiger partial charge in [0.2, 0.25) is 10.0 Å². The molecular weight excluding hydrogens is 344 g/mol. The van der Waals surface area contributed by atoms with Crippen molar-refractivity contribution in [3.8, 4) is 16.9 Å². The molecule has 1 aliphatic rings. The largest absolute Gasteiger partial charge is 0.495 e. The molecule has 25 heavy (non-hydrogen) atoms. The second kappa shape index (κ2) is 6.29. The number of ether oxygens (including phenoxy) is 1. The average molecular weight is 364 g/mol. The molecule has 1 N–H and O–H groups in total. The Morgan fingerprint density at radius 3 is 2.44 bits per heavy atom. The lowest BCUT2D eigenvalue weighted by atomic mass is 10.1. The number of β-amino-alcohol motifs (C(OH)–C–C–N with tert-alkyl or cyclic N) is 1. The fourth-order valence-electron chi connectivity index (χ4n) is 2.85.